The molecule has 100 valence electrons. The normalized spacial score (nSPS) is 10.7. The van der Waals surface area contributed by atoms with E-state index in [1.54, 1.807) is 0 Å². The minimum atomic E-state index is 0.547. The third kappa shape index (κ3) is 2.45. The number of nitrogens with zero attached hydrogens (tertiary/aromatic N) is 1. The molecule has 0 saturated carbocycles. The first-order valence-corrected chi connectivity index (χ1v) is 7.51. The fraction of sp³-hybridized carbons (Fsp3) is 0.118. The first kappa shape index (κ1) is 12.9. The van der Waals surface area contributed by atoms with Gasteiger partial charge in [0.15, 0.2) is 4.80 Å². The number of rotatable bonds is 3. The first-order chi connectivity index (χ1) is 9.78. The monoisotopic (exact) mass is 280 g/mol. The van der Waals surface area contributed by atoms with Crippen molar-refractivity contribution < 1.29 is 0 Å². The molecule has 0 fully saturated rings. The molecule has 0 aliphatic rings. The quantitative estimate of drug-likeness (QED) is 0.743. The maximum absolute atomic E-state index is 8.14. The van der Waals surface area contributed by atoms with Crippen molar-refractivity contribution in [1.82, 2.24) is 4.57 Å². The van der Waals surface area contributed by atoms with Crippen LogP contribution in [0.4, 0.5) is 0 Å². The van der Waals surface area contributed by atoms with Crippen molar-refractivity contribution >= 4 is 11.3 Å². The Morgan fingerprint density at radius 2 is 1.70 bits per heavy atom. The van der Waals surface area contributed by atoms with Crippen LogP contribution in [0.25, 0.3) is 16.1 Å². The van der Waals surface area contributed by atoms with Crippen LogP contribution in [0.2, 0.25) is 0 Å². The van der Waals surface area contributed by atoms with Gasteiger partial charge in [-0.2, -0.15) is 0 Å². The zero-order valence-electron chi connectivity index (χ0n) is 11.3. The SMILES string of the molecule is CCc1ccc(-c2cn(-c3ccccc3)c(=N)s2)cc1. The maximum atomic E-state index is 8.14. The molecule has 2 aromatic carbocycles. The average molecular weight is 280 g/mol. The summed E-state index contributed by atoms with van der Waals surface area (Å²) in [6.45, 7) is 2.16. The lowest BCUT2D eigenvalue weighted by Crippen LogP contribution is -2.08. The third-order valence-electron chi connectivity index (χ3n) is 3.35. The number of para-hydroxylation sites is 1. The molecule has 1 aromatic heterocycles. The van der Waals surface area contributed by atoms with E-state index in [0.29, 0.717) is 4.80 Å². The van der Waals surface area contributed by atoms with Gasteiger partial charge in [0.2, 0.25) is 0 Å². The molecule has 2 nitrogen and oxygen atoms in total. The first-order valence-electron chi connectivity index (χ1n) is 6.70. The number of aromatic nitrogens is 1. The highest BCUT2D eigenvalue weighted by Crippen LogP contribution is 2.23. The smallest absolute Gasteiger partial charge is 0.187 e. The van der Waals surface area contributed by atoms with Crippen molar-refractivity contribution in [2.24, 2.45) is 0 Å². The number of hydrogen-bond acceptors (Lipinski definition) is 2. The van der Waals surface area contributed by atoms with Crippen LogP contribution in [0.3, 0.4) is 0 Å². The molecule has 0 atom stereocenters. The maximum Gasteiger partial charge on any atom is 0.187 e. The summed E-state index contributed by atoms with van der Waals surface area (Å²) in [6, 6.07) is 18.6. The van der Waals surface area contributed by atoms with Gasteiger partial charge in [0.05, 0.1) is 4.88 Å². The van der Waals surface area contributed by atoms with Gasteiger partial charge in [-0.3, -0.25) is 9.98 Å². The molecule has 0 spiro atoms. The van der Waals surface area contributed by atoms with Gasteiger partial charge in [0, 0.05) is 11.9 Å². The Labute approximate surface area is 122 Å². The second-order valence-electron chi connectivity index (χ2n) is 4.66. The lowest BCUT2D eigenvalue weighted by atomic mass is 10.1. The van der Waals surface area contributed by atoms with Crippen molar-refractivity contribution in [3.05, 3.63) is 71.2 Å². The summed E-state index contributed by atoms with van der Waals surface area (Å²) in [7, 11) is 0. The van der Waals surface area contributed by atoms with E-state index in [2.05, 4.69) is 31.2 Å². The fourth-order valence-corrected chi connectivity index (χ4v) is 3.05. The Balaban J connectivity index is 2.02. The van der Waals surface area contributed by atoms with Crippen molar-refractivity contribution in [3.63, 3.8) is 0 Å². The Morgan fingerprint density at radius 1 is 1.00 bits per heavy atom. The molecule has 0 aliphatic carbocycles. The minimum absolute atomic E-state index is 0.547. The van der Waals surface area contributed by atoms with E-state index in [4.69, 9.17) is 5.41 Å². The van der Waals surface area contributed by atoms with Crippen molar-refractivity contribution in [2.75, 3.05) is 0 Å². The van der Waals surface area contributed by atoms with Crippen molar-refractivity contribution in [2.45, 2.75) is 13.3 Å². The van der Waals surface area contributed by atoms with Crippen molar-refractivity contribution in [3.8, 4) is 16.1 Å². The molecule has 0 bridgehead atoms. The largest absolute Gasteiger partial charge is 0.292 e. The molecule has 20 heavy (non-hydrogen) atoms. The van der Waals surface area contributed by atoms with E-state index in [0.717, 1.165) is 17.0 Å². The molecule has 1 heterocycles. The van der Waals surface area contributed by atoms with Gasteiger partial charge in [-0.05, 0) is 29.7 Å². The average Bonchev–Trinajstić information content (AvgIpc) is 2.90. The number of benzene rings is 2. The van der Waals surface area contributed by atoms with Crippen LogP contribution >= 0.6 is 11.3 Å². The molecule has 0 saturated heterocycles. The van der Waals surface area contributed by atoms with E-state index in [9.17, 15) is 0 Å². The molecular formula is C17H16N2S. The molecule has 0 radical (unpaired) electrons. The Kier molecular flexibility index (Phi) is 3.52. The lowest BCUT2D eigenvalue weighted by molar-refractivity contribution is 0.980. The van der Waals surface area contributed by atoms with Crippen LogP contribution in [-0.2, 0) is 6.42 Å². The van der Waals surface area contributed by atoms with Gasteiger partial charge in [-0.25, -0.2) is 0 Å². The van der Waals surface area contributed by atoms with E-state index >= 15 is 0 Å². The topological polar surface area (TPSA) is 28.8 Å². The van der Waals surface area contributed by atoms with Crippen LogP contribution in [0.5, 0.6) is 0 Å². The zero-order chi connectivity index (χ0) is 13.9. The second-order valence-corrected chi connectivity index (χ2v) is 5.69. The Hall–Kier alpha value is -2.13. The number of aryl methyl sites for hydroxylation is 1. The van der Waals surface area contributed by atoms with Gasteiger partial charge < -0.3 is 0 Å². The predicted molar refractivity (Wildman–Crippen MR) is 84.3 cm³/mol. The molecule has 0 amide bonds. The molecular weight excluding hydrogens is 264 g/mol. The van der Waals surface area contributed by atoms with E-state index in [1.165, 1.54) is 22.5 Å². The highest BCUT2D eigenvalue weighted by molar-refractivity contribution is 7.12. The highest BCUT2D eigenvalue weighted by atomic mass is 32.1. The van der Waals surface area contributed by atoms with Gasteiger partial charge in [0.1, 0.15) is 0 Å². The molecule has 0 aliphatic heterocycles. The lowest BCUT2D eigenvalue weighted by Gasteiger charge is -2.01. The summed E-state index contributed by atoms with van der Waals surface area (Å²) in [4.78, 5) is 1.67. The second kappa shape index (κ2) is 5.47. The summed E-state index contributed by atoms with van der Waals surface area (Å²) in [5.41, 5.74) is 3.55. The Morgan fingerprint density at radius 3 is 2.35 bits per heavy atom. The fourth-order valence-electron chi connectivity index (χ4n) is 2.17. The van der Waals surface area contributed by atoms with Gasteiger partial charge in [-0.15, -0.1) is 0 Å². The summed E-state index contributed by atoms with van der Waals surface area (Å²) >= 11 is 1.51. The van der Waals surface area contributed by atoms with E-state index < -0.39 is 0 Å². The van der Waals surface area contributed by atoms with Crippen molar-refractivity contribution in [1.29, 1.82) is 5.41 Å². The molecule has 0 unspecified atom stereocenters. The van der Waals surface area contributed by atoms with E-state index in [1.807, 2.05) is 41.1 Å². The minimum Gasteiger partial charge on any atom is -0.292 e. The van der Waals surface area contributed by atoms with Gasteiger partial charge in [-0.1, -0.05) is 60.7 Å². The van der Waals surface area contributed by atoms with E-state index in [-0.39, 0.29) is 0 Å². The Bertz CT molecular complexity index is 752. The molecule has 3 aromatic rings. The van der Waals surface area contributed by atoms with Crippen LogP contribution in [0.1, 0.15) is 12.5 Å². The number of nitrogens with one attached hydrogen (secondary N) is 1. The van der Waals surface area contributed by atoms with Crippen LogP contribution in [-0.4, -0.2) is 4.57 Å². The number of hydrogen-bond donors (Lipinski definition) is 1. The highest BCUT2D eigenvalue weighted by Gasteiger charge is 2.05. The number of thiazole rings is 1. The third-order valence-corrected chi connectivity index (χ3v) is 4.30. The summed E-state index contributed by atoms with van der Waals surface area (Å²) in [6.07, 6.45) is 3.10. The molecule has 1 N–H and O–H groups in total. The van der Waals surface area contributed by atoms with Crippen LogP contribution in [0, 0.1) is 5.41 Å². The summed E-state index contributed by atoms with van der Waals surface area (Å²) in [5.74, 6) is 0. The zero-order valence-corrected chi connectivity index (χ0v) is 12.2. The summed E-state index contributed by atoms with van der Waals surface area (Å²) < 4.78 is 1.92. The van der Waals surface area contributed by atoms with Gasteiger partial charge in [0.25, 0.3) is 0 Å². The van der Waals surface area contributed by atoms with Crippen LogP contribution < -0.4 is 4.80 Å². The van der Waals surface area contributed by atoms with Gasteiger partial charge >= 0.3 is 0 Å². The predicted octanol–water partition coefficient (Wildman–Crippen LogP) is 4.25. The molecule has 3 heteroatoms. The standard InChI is InChI=1S/C17H16N2S/c1-2-13-8-10-14(11-9-13)16-12-19(17(18)20-16)15-6-4-3-5-7-15/h3-12,18H,2H2,1H3. The molecule has 3 rings (SSSR count). The summed E-state index contributed by atoms with van der Waals surface area (Å²) in [5, 5.41) is 8.14. The van der Waals surface area contributed by atoms with Crippen LogP contribution in [0.15, 0.2) is 60.8 Å².